The van der Waals surface area contributed by atoms with E-state index in [1.807, 2.05) is 24.3 Å². The monoisotopic (exact) mass is 297 g/mol. The zero-order valence-electron chi connectivity index (χ0n) is 8.60. The standard InChI is InChI=1S/C12H12BrNOS/c13-9-3-5-10(6-4-9)16-12(8-14)11-2-1-7-15-11/h1-7,12H,8,14H2. The minimum absolute atomic E-state index is 0.177. The third kappa shape index (κ3) is 2.90. The molecule has 1 atom stereocenters. The van der Waals surface area contributed by atoms with Gasteiger partial charge in [0.15, 0.2) is 0 Å². The molecule has 4 heteroatoms. The van der Waals surface area contributed by atoms with Crippen LogP contribution in [0.4, 0.5) is 0 Å². The van der Waals surface area contributed by atoms with Crippen LogP contribution in [0.5, 0.6) is 0 Å². The molecule has 1 heterocycles. The summed E-state index contributed by atoms with van der Waals surface area (Å²) in [5.74, 6) is 0.926. The minimum Gasteiger partial charge on any atom is -0.468 e. The fourth-order valence-electron chi connectivity index (χ4n) is 1.37. The highest BCUT2D eigenvalue weighted by atomic mass is 79.9. The van der Waals surface area contributed by atoms with Crippen molar-refractivity contribution in [1.29, 1.82) is 0 Å². The van der Waals surface area contributed by atoms with Gasteiger partial charge < -0.3 is 10.2 Å². The number of nitrogens with two attached hydrogens (primary N) is 1. The smallest absolute Gasteiger partial charge is 0.118 e. The Kier molecular flexibility index (Phi) is 4.09. The van der Waals surface area contributed by atoms with Gasteiger partial charge in [-0.1, -0.05) is 15.9 Å². The van der Waals surface area contributed by atoms with Gasteiger partial charge in [0.25, 0.3) is 0 Å². The lowest BCUT2D eigenvalue weighted by atomic mass is 10.3. The lowest BCUT2D eigenvalue weighted by Crippen LogP contribution is -2.08. The Morgan fingerprint density at radius 2 is 2.00 bits per heavy atom. The Morgan fingerprint density at radius 3 is 2.56 bits per heavy atom. The molecule has 2 aromatic rings. The number of benzene rings is 1. The Hall–Kier alpha value is -0.710. The molecule has 0 amide bonds. The summed E-state index contributed by atoms with van der Waals surface area (Å²) in [4.78, 5) is 1.19. The molecule has 2 nitrogen and oxygen atoms in total. The van der Waals surface area contributed by atoms with Crippen molar-refractivity contribution in [2.75, 3.05) is 6.54 Å². The van der Waals surface area contributed by atoms with E-state index in [4.69, 9.17) is 10.2 Å². The first kappa shape index (κ1) is 11.8. The van der Waals surface area contributed by atoms with Crippen LogP contribution in [0, 0.1) is 0 Å². The van der Waals surface area contributed by atoms with Crippen LogP contribution in [0.3, 0.4) is 0 Å². The van der Waals surface area contributed by atoms with E-state index < -0.39 is 0 Å². The highest BCUT2D eigenvalue weighted by Crippen LogP contribution is 2.34. The maximum Gasteiger partial charge on any atom is 0.118 e. The van der Waals surface area contributed by atoms with E-state index in [0.29, 0.717) is 6.54 Å². The first-order chi connectivity index (χ1) is 7.79. The molecule has 0 fully saturated rings. The molecular weight excluding hydrogens is 286 g/mol. The van der Waals surface area contributed by atoms with Crippen LogP contribution in [-0.4, -0.2) is 6.54 Å². The number of halogens is 1. The summed E-state index contributed by atoms with van der Waals surface area (Å²) in [5, 5.41) is 0.177. The lowest BCUT2D eigenvalue weighted by molar-refractivity contribution is 0.507. The van der Waals surface area contributed by atoms with Crippen molar-refractivity contribution >= 4 is 27.7 Å². The average molecular weight is 298 g/mol. The second kappa shape index (κ2) is 5.57. The van der Waals surface area contributed by atoms with Gasteiger partial charge in [0, 0.05) is 15.9 Å². The van der Waals surface area contributed by atoms with Gasteiger partial charge in [0.05, 0.1) is 11.5 Å². The molecule has 1 aromatic heterocycles. The van der Waals surface area contributed by atoms with Gasteiger partial charge in [-0.25, -0.2) is 0 Å². The molecule has 84 valence electrons. The Morgan fingerprint density at radius 1 is 1.25 bits per heavy atom. The molecule has 0 aliphatic heterocycles. The fraction of sp³-hybridized carbons (Fsp3) is 0.167. The number of furan rings is 1. The molecule has 0 saturated carbocycles. The fourth-order valence-corrected chi connectivity index (χ4v) is 2.61. The van der Waals surface area contributed by atoms with Crippen LogP contribution in [-0.2, 0) is 0 Å². The van der Waals surface area contributed by atoms with E-state index >= 15 is 0 Å². The maximum atomic E-state index is 5.75. The average Bonchev–Trinajstić information content (AvgIpc) is 2.82. The van der Waals surface area contributed by atoms with Crippen LogP contribution in [0.1, 0.15) is 11.0 Å². The van der Waals surface area contributed by atoms with Crippen molar-refractivity contribution in [3.05, 3.63) is 52.9 Å². The molecule has 1 aromatic carbocycles. The normalized spacial score (nSPS) is 12.6. The topological polar surface area (TPSA) is 39.2 Å². The zero-order chi connectivity index (χ0) is 11.4. The minimum atomic E-state index is 0.177. The first-order valence-electron chi connectivity index (χ1n) is 4.95. The molecular formula is C12H12BrNOS. The highest BCUT2D eigenvalue weighted by Gasteiger charge is 2.13. The molecule has 16 heavy (non-hydrogen) atoms. The summed E-state index contributed by atoms with van der Waals surface area (Å²) >= 11 is 5.13. The number of rotatable bonds is 4. The molecule has 0 bridgehead atoms. The molecule has 0 spiro atoms. The number of thioether (sulfide) groups is 1. The third-order valence-electron chi connectivity index (χ3n) is 2.17. The van der Waals surface area contributed by atoms with E-state index in [-0.39, 0.29) is 5.25 Å². The third-order valence-corrected chi connectivity index (χ3v) is 3.95. The van der Waals surface area contributed by atoms with Crippen molar-refractivity contribution in [1.82, 2.24) is 0 Å². The molecule has 0 aliphatic rings. The van der Waals surface area contributed by atoms with E-state index in [0.717, 1.165) is 10.2 Å². The predicted octanol–water partition coefficient (Wildman–Crippen LogP) is 3.83. The molecule has 1 unspecified atom stereocenters. The summed E-state index contributed by atoms with van der Waals surface area (Å²) in [5.41, 5.74) is 5.75. The zero-order valence-corrected chi connectivity index (χ0v) is 11.0. The van der Waals surface area contributed by atoms with Crippen molar-refractivity contribution in [3.63, 3.8) is 0 Å². The molecule has 2 N–H and O–H groups in total. The first-order valence-corrected chi connectivity index (χ1v) is 6.62. The Balaban J connectivity index is 2.10. The van der Waals surface area contributed by atoms with E-state index in [1.165, 1.54) is 4.90 Å². The maximum absolute atomic E-state index is 5.75. The van der Waals surface area contributed by atoms with Crippen LogP contribution >= 0.6 is 27.7 Å². The van der Waals surface area contributed by atoms with Crippen molar-refractivity contribution in [2.45, 2.75) is 10.1 Å². The summed E-state index contributed by atoms with van der Waals surface area (Å²) < 4.78 is 6.45. The SMILES string of the molecule is NCC(Sc1ccc(Br)cc1)c1ccco1. The van der Waals surface area contributed by atoms with Gasteiger partial charge in [0.1, 0.15) is 5.76 Å². The second-order valence-corrected chi connectivity index (χ2v) is 5.50. The van der Waals surface area contributed by atoms with Crippen LogP contribution < -0.4 is 5.73 Å². The predicted molar refractivity (Wildman–Crippen MR) is 70.5 cm³/mol. The van der Waals surface area contributed by atoms with Gasteiger partial charge in [-0.15, -0.1) is 11.8 Å². The van der Waals surface area contributed by atoms with Gasteiger partial charge in [-0.3, -0.25) is 0 Å². The number of hydrogen-bond donors (Lipinski definition) is 1. The van der Waals surface area contributed by atoms with Crippen molar-refractivity contribution in [2.24, 2.45) is 5.73 Å². The second-order valence-electron chi connectivity index (χ2n) is 3.31. The molecule has 0 aliphatic carbocycles. The van der Waals surface area contributed by atoms with Crippen LogP contribution in [0.15, 0.2) is 56.4 Å². The van der Waals surface area contributed by atoms with E-state index in [1.54, 1.807) is 18.0 Å². The van der Waals surface area contributed by atoms with Crippen molar-refractivity contribution < 1.29 is 4.42 Å². The van der Waals surface area contributed by atoms with Gasteiger partial charge >= 0.3 is 0 Å². The Labute approximate surface area is 107 Å². The summed E-state index contributed by atoms with van der Waals surface area (Å²) in [6.45, 7) is 0.564. The van der Waals surface area contributed by atoms with E-state index in [9.17, 15) is 0 Å². The van der Waals surface area contributed by atoms with Crippen molar-refractivity contribution in [3.8, 4) is 0 Å². The van der Waals surface area contributed by atoms with Gasteiger partial charge in [0.2, 0.25) is 0 Å². The quantitative estimate of drug-likeness (QED) is 0.872. The highest BCUT2D eigenvalue weighted by molar-refractivity contribution is 9.10. The lowest BCUT2D eigenvalue weighted by Gasteiger charge is -2.11. The number of hydrogen-bond acceptors (Lipinski definition) is 3. The van der Waals surface area contributed by atoms with Gasteiger partial charge in [-0.2, -0.15) is 0 Å². The van der Waals surface area contributed by atoms with Gasteiger partial charge in [-0.05, 0) is 36.4 Å². The molecule has 2 rings (SSSR count). The van der Waals surface area contributed by atoms with E-state index in [2.05, 4.69) is 28.1 Å². The van der Waals surface area contributed by atoms with Crippen LogP contribution in [0.25, 0.3) is 0 Å². The largest absolute Gasteiger partial charge is 0.468 e. The summed E-state index contributed by atoms with van der Waals surface area (Å²) in [6.07, 6.45) is 1.68. The Bertz CT molecular complexity index is 427. The summed E-state index contributed by atoms with van der Waals surface area (Å²) in [6, 6.07) is 12.0. The summed E-state index contributed by atoms with van der Waals surface area (Å²) in [7, 11) is 0. The molecule has 0 saturated heterocycles. The molecule has 0 radical (unpaired) electrons. The van der Waals surface area contributed by atoms with Crippen LogP contribution in [0.2, 0.25) is 0 Å².